The lowest BCUT2D eigenvalue weighted by molar-refractivity contribution is -0.336. The number of ether oxygens (including phenoxy) is 1. The third kappa shape index (κ3) is 4.53. The SMILES string of the molecule is Cc1cc(C)c(OCC(=O)N2N=C(C(F)(F)C(F)(F)C(F)(F)F)CC2(O)C(C)(C)C)c(C)c1. The highest BCUT2D eigenvalue weighted by atomic mass is 19.4. The number of hydrogen-bond acceptors (Lipinski definition) is 4. The third-order valence-electron chi connectivity index (χ3n) is 5.48. The van der Waals surface area contributed by atoms with Gasteiger partial charge in [0.25, 0.3) is 5.91 Å². The molecule has 1 N–H and O–H groups in total. The summed E-state index contributed by atoms with van der Waals surface area (Å²) in [6.45, 7) is 8.26. The Labute approximate surface area is 186 Å². The highest BCUT2D eigenvalue weighted by Crippen LogP contribution is 2.51. The number of alkyl halides is 7. The van der Waals surface area contributed by atoms with Gasteiger partial charge in [-0.05, 0) is 31.9 Å². The molecule has 0 aliphatic carbocycles. The number of benzene rings is 1. The van der Waals surface area contributed by atoms with Crippen LogP contribution in [0.4, 0.5) is 30.7 Å². The number of hydrazone groups is 1. The second kappa shape index (κ2) is 8.14. The summed E-state index contributed by atoms with van der Waals surface area (Å²) in [7, 11) is 0. The van der Waals surface area contributed by atoms with E-state index in [1.807, 2.05) is 6.92 Å². The fraction of sp³-hybridized carbons (Fsp3) is 0.619. The quantitative estimate of drug-likeness (QED) is 0.586. The minimum absolute atomic E-state index is 0.113. The number of halogens is 7. The molecule has 1 heterocycles. The summed E-state index contributed by atoms with van der Waals surface area (Å²) in [5.41, 5.74) is -3.81. The Morgan fingerprint density at radius 1 is 1.06 bits per heavy atom. The Hall–Kier alpha value is -2.37. The van der Waals surface area contributed by atoms with Crippen LogP contribution in [0, 0.1) is 26.2 Å². The molecule has 1 aromatic rings. The molecule has 1 aliphatic heterocycles. The molecule has 1 aliphatic rings. The van der Waals surface area contributed by atoms with E-state index < -0.39 is 53.8 Å². The van der Waals surface area contributed by atoms with Crippen LogP contribution in [0.25, 0.3) is 0 Å². The van der Waals surface area contributed by atoms with Crippen LogP contribution >= 0.6 is 0 Å². The van der Waals surface area contributed by atoms with Gasteiger partial charge in [0.05, 0.1) is 0 Å². The van der Waals surface area contributed by atoms with Crippen molar-refractivity contribution in [2.45, 2.75) is 71.7 Å². The van der Waals surface area contributed by atoms with Gasteiger partial charge in [0.15, 0.2) is 12.3 Å². The number of nitrogens with zero attached hydrogens (tertiary/aromatic N) is 2. The summed E-state index contributed by atoms with van der Waals surface area (Å²) in [5.74, 6) is -13.2. The summed E-state index contributed by atoms with van der Waals surface area (Å²) < 4.78 is 99.0. The average molecular weight is 486 g/mol. The molecule has 1 atom stereocenters. The number of hydrogen-bond donors (Lipinski definition) is 1. The minimum Gasteiger partial charge on any atom is -0.483 e. The Balaban J connectivity index is 2.43. The lowest BCUT2D eigenvalue weighted by Crippen LogP contribution is -2.58. The van der Waals surface area contributed by atoms with Crippen molar-refractivity contribution in [3.8, 4) is 5.75 Å². The molecule has 12 heteroatoms. The van der Waals surface area contributed by atoms with Crippen LogP contribution < -0.4 is 4.74 Å². The summed E-state index contributed by atoms with van der Waals surface area (Å²) in [6, 6.07) is 3.51. The number of carbonyl (C=O) groups excluding carboxylic acids is 1. The van der Waals surface area contributed by atoms with Crippen LogP contribution in [-0.4, -0.2) is 52.1 Å². The van der Waals surface area contributed by atoms with Crippen LogP contribution in [-0.2, 0) is 4.79 Å². The van der Waals surface area contributed by atoms with E-state index in [1.165, 1.54) is 20.8 Å². The smallest absolute Gasteiger partial charge is 0.460 e. The molecule has 0 radical (unpaired) electrons. The Morgan fingerprint density at radius 3 is 1.97 bits per heavy atom. The number of aryl methyl sites for hydroxylation is 3. The highest BCUT2D eigenvalue weighted by molar-refractivity contribution is 5.96. The van der Waals surface area contributed by atoms with Gasteiger partial charge in [0.1, 0.15) is 11.5 Å². The van der Waals surface area contributed by atoms with Gasteiger partial charge in [-0.1, -0.05) is 38.5 Å². The first-order valence-corrected chi connectivity index (χ1v) is 9.83. The van der Waals surface area contributed by atoms with Gasteiger partial charge in [-0.3, -0.25) is 4.79 Å². The third-order valence-corrected chi connectivity index (χ3v) is 5.48. The largest absolute Gasteiger partial charge is 0.483 e. The van der Waals surface area contributed by atoms with Crippen molar-refractivity contribution in [1.82, 2.24) is 5.01 Å². The standard InChI is InChI=1S/C21H25F7N2O3/c1-11-7-12(2)16(13(3)8-11)33-10-15(31)30-18(32,17(4,5)6)9-14(29-30)19(22,23)20(24,25)21(26,27)28/h7-8,32H,9-10H2,1-6H3. The van der Waals surface area contributed by atoms with Gasteiger partial charge in [0.2, 0.25) is 0 Å². The minimum atomic E-state index is -6.58. The molecular formula is C21H25F7N2O3. The molecule has 5 nitrogen and oxygen atoms in total. The van der Waals surface area contributed by atoms with Crippen molar-refractivity contribution >= 4 is 11.6 Å². The van der Waals surface area contributed by atoms with Crippen LogP contribution in [0.15, 0.2) is 17.2 Å². The van der Waals surface area contributed by atoms with E-state index in [0.29, 0.717) is 16.9 Å². The lowest BCUT2D eigenvalue weighted by Gasteiger charge is -2.41. The summed E-state index contributed by atoms with van der Waals surface area (Å²) >= 11 is 0. The van der Waals surface area contributed by atoms with Crippen molar-refractivity contribution in [1.29, 1.82) is 0 Å². The number of carbonyl (C=O) groups is 1. The first-order valence-electron chi connectivity index (χ1n) is 9.83. The normalized spacial score (nSPS) is 20.2. The summed E-state index contributed by atoms with van der Waals surface area (Å²) in [6.07, 6.45) is -8.00. The van der Waals surface area contributed by atoms with Crippen LogP contribution in [0.5, 0.6) is 5.75 Å². The zero-order valence-corrected chi connectivity index (χ0v) is 18.9. The van der Waals surface area contributed by atoms with Crippen molar-refractivity contribution in [3.63, 3.8) is 0 Å². The number of aliphatic hydroxyl groups is 1. The van der Waals surface area contributed by atoms with E-state index in [-0.39, 0.29) is 5.01 Å². The molecule has 1 aromatic carbocycles. The molecule has 33 heavy (non-hydrogen) atoms. The van der Waals surface area contributed by atoms with E-state index in [0.717, 1.165) is 5.56 Å². The van der Waals surface area contributed by atoms with E-state index >= 15 is 0 Å². The molecule has 0 saturated heterocycles. The first-order chi connectivity index (χ1) is 14.7. The zero-order chi connectivity index (χ0) is 25.8. The topological polar surface area (TPSA) is 62.1 Å². The molecule has 0 saturated carbocycles. The second-order valence-electron chi connectivity index (χ2n) is 9.16. The van der Waals surface area contributed by atoms with Gasteiger partial charge in [0, 0.05) is 11.8 Å². The van der Waals surface area contributed by atoms with Gasteiger partial charge in [-0.25, -0.2) is 0 Å². The van der Waals surface area contributed by atoms with Crippen LogP contribution in [0.2, 0.25) is 0 Å². The monoisotopic (exact) mass is 486 g/mol. The predicted molar refractivity (Wildman–Crippen MR) is 105 cm³/mol. The molecule has 1 amide bonds. The maximum atomic E-state index is 14.3. The van der Waals surface area contributed by atoms with Gasteiger partial charge < -0.3 is 9.84 Å². The average Bonchev–Trinajstić information content (AvgIpc) is 2.99. The highest BCUT2D eigenvalue weighted by Gasteiger charge is 2.76. The first kappa shape index (κ1) is 26.9. The number of rotatable bonds is 5. The predicted octanol–water partition coefficient (Wildman–Crippen LogP) is 5.15. The summed E-state index contributed by atoms with van der Waals surface area (Å²) in [5, 5.41) is 14.2. The number of amides is 1. The van der Waals surface area contributed by atoms with Crippen molar-refractivity contribution in [2.24, 2.45) is 10.5 Å². The van der Waals surface area contributed by atoms with E-state index in [9.17, 15) is 40.6 Å². The van der Waals surface area contributed by atoms with Gasteiger partial charge in [-0.2, -0.15) is 40.8 Å². The Kier molecular flexibility index (Phi) is 6.63. The van der Waals surface area contributed by atoms with Crippen molar-refractivity contribution in [2.75, 3.05) is 6.61 Å². The maximum Gasteiger partial charge on any atom is 0.460 e. The molecule has 186 valence electrons. The van der Waals surface area contributed by atoms with Gasteiger partial charge >= 0.3 is 18.0 Å². The lowest BCUT2D eigenvalue weighted by atomic mass is 9.79. The molecule has 0 aromatic heterocycles. The fourth-order valence-electron chi connectivity index (χ4n) is 3.51. The van der Waals surface area contributed by atoms with Crippen molar-refractivity contribution in [3.05, 3.63) is 28.8 Å². The van der Waals surface area contributed by atoms with E-state index in [1.54, 1.807) is 26.0 Å². The Morgan fingerprint density at radius 2 is 1.55 bits per heavy atom. The molecule has 0 fully saturated rings. The zero-order valence-electron chi connectivity index (χ0n) is 18.9. The summed E-state index contributed by atoms with van der Waals surface area (Å²) in [4.78, 5) is 12.8. The van der Waals surface area contributed by atoms with E-state index in [2.05, 4.69) is 5.10 Å². The Bertz CT molecular complexity index is 945. The van der Waals surface area contributed by atoms with Crippen molar-refractivity contribution < 1.29 is 45.4 Å². The maximum absolute atomic E-state index is 14.3. The molecule has 0 spiro atoms. The fourth-order valence-corrected chi connectivity index (χ4v) is 3.51. The van der Waals surface area contributed by atoms with E-state index in [4.69, 9.17) is 4.74 Å². The molecule has 0 bridgehead atoms. The molecule has 2 rings (SSSR count). The molecule has 1 unspecified atom stereocenters. The second-order valence-corrected chi connectivity index (χ2v) is 9.16. The van der Waals surface area contributed by atoms with Gasteiger partial charge in [-0.15, -0.1) is 0 Å². The van der Waals surface area contributed by atoms with Crippen LogP contribution in [0.1, 0.15) is 43.9 Å². The molecular weight excluding hydrogens is 461 g/mol. The van der Waals surface area contributed by atoms with Crippen LogP contribution in [0.3, 0.4) is 0 Å².